The molecule has 0 spiro atoms. The van der Waals surface area contributed by atoms with E-state index in [1.54, 1.807) is 5.56 Å². The Labute approximate surface area is 132 Å². The molecule has 0 radical (unpaired) electrons. The molecule has 3 N–H and O–H groups in total. The molecule has 2 aromatic rings. The largest absolute Gasteiger partial charge is 0.358 e. The number of hydrogen-bond acceptors (Lipinski definition) is 2. The van der Waals surface area contributed by atoms with Gasteiger partial charge >= 0.3 is 0 Å². The smallest absolute Gasteiger partial charge is 0.0459 e. The van der Waals surface area contributed by atoms with E-state index < -0.39 is 0 Å². The quantitative estimate of drug-likeness (QED) is 0.895. The Bertz CT molecular complexity index is 687. The lowest BCUT2D eigenvalue weighted by atomic mass is 9.90. The number of aromatic nitrogens is 1. The van der Waals surface area contributed by atoms with Crippen LogP contribution in [0.15, 0.2) is 18.2 Å². The van der Waals surface area contributed by atoms with Crippen LogP contribution in [0.3, 0.4) is 0 Å². The summed E-state index contributed by atoms with van der Waals surface area (Å²) in [6.07, 6.45) is 4.93. The van der Waals surface area contributed by atoms with Crippen molar-refractivity contribution in [2.45, 2.75) is 51.6 Å². The Hall–Kier alpha value is -1.32. The van der Waals surface area contributed by atoms with Crippen LogP contribution in [0.5, 0.6) is 0 Å². The monoisotopic (exact) mass is 297 g/mol. The summed E-state index contributed by atoms with van der Waals surface area (Å²) in [5, 5.41) is 1.45. The van der Waals surface area contributed by atoms with Gasteiger partial charge in [-0.2, -0.15) is 0 Å². The summed E-state index contributed by atoms with van der Waals surface area (Å²) in [5.74, 6) is 0.696. The molecule has 2 aliphatic rings. The van der Waals surface area contributed by atoms with Crippen LogP contribution in [-0.2, 0) is 12.8 Å². The number of nitrogens with two attached hydrogens (primary N) is 1. The van der Waals surface area contributed by atoms with E-state index in [2.05, 4.69) is 41.9 Å². The molecule has 22 heavy (non-hydrogen) atoms. The van der Waals surface area contributed by atoms with Crippen molar-refractivity contribution in [3.8, 4) is 0 Å². The van der Waals surface area contributed by atoms with Crippen LogP contribution >= 0.6 is 0 Å². The van der Waals surface area contributed by atoms with Gasteiger partial charge < -0.3 is 10.7 Å². The van der Waals surface area contributed by atoms with E-state index in [4.69, 9.17) is 5.73 Å². The maximum Gasteiger partial charge on any atom is 0.0459 e. The Morgan fingerprint density at radius 3 is 3.00 bits per heavy atom. The summed E-state index contributed by atoms with van der Waals surface area (Å²) < 4.78 is 0. The van der Waals surface area contributed by atoms with Crippen molar-refractivity contribution in [2.24, 2.45) is 11.7 Å². The molecule has 2 heterocycles. The normalized spacial score (nSPS) is 29.1. The van der Waals surface area contributed by atoms with Gasteiger partial charge in [0.15, 0.2) is 0 Å². The number of aromatic amines is 1. The third-order valence-electron chi connectivity index (χ3n) is 5.83. The van der Waals surface area contributed by atoms with Crippen LogP contribution in [-0.4, -0.2) is 35.1 Å². The fraction of sp³-hybridized carbons (Fsp3) is 0.579. The number of H-pyrrole nitrogens is 1. The standard InChI is InChI=1S/C19H27N3/c1-12-3-5-18-16(7-12)17-9-15(4-6-19(17)21-18)22-11-14(10-20)8-13(22)2/h3,5,7,13-15,21H,4,6,8-11,20H2,1-2H3/t13-,14+,15-/m1/s1. The molecule has 1 fully saturated rings. The zero-order valence-corrected chi connectivity index (χ0v) is 13.7. The lowest BCUT2D eigenvalue weighted by Gasteiger charge is -2.34. The summed E-state index contributed by atoms with van der Waals surface area (Å²) in [4.78, 5) is 6.38. The van der Waals surface area contributed by atoms with Gasteiger partial charge in [0.25, 0.3) is 0 Å². The molecule has 3 heteroatoms. The van der Waals surface area contributed by atoms with Crippen molar-refractivity contribution in [1.29, 1.82) is 0 Å². The molecule has 0 amide bonds. The van der Waals surface area contributed by atoms with Gasteiger partial charge in [0.2, 0.25) is 0 Å². The minimum absolute atomic E-state index is 0.687. The lowest BCUT2D eigenvalue weighted by Crippen LogP contribution is -2.41. The molecule has 3 atom stereocenters. The van der Waals surface area contributed by atoms with Gasteiger partial charge in [0.05, 0.1) is 0 Å². The first kappa shape index (κ1) is 14.3. The van der Waals surface area contributed by atoms with Crippen LogP contribution in [0.4, 0.5) is 0 Å². The van der Waals surface area contributed by atoms with E-state index in [1.807, 2.05) is 0 Å². The Morgan fingerprint density at radius 2 is 2.23 bits per heavy atom. The minimum atomic E-state index is 0.687. The predicted octanol–water partition coefficient (Wildman–Crippen LogP) is 3.00. The summed E-state index contributed by atoms with van der Waals surface area (Å²) >= 11 is 0. The number of hydrogen-bond donors (Lipinski definition) is 2. The highest BCUT2D eigenvalue weighted by atomic mass is 15.2. The van der Waals surface area contributed by atoms with Gasteiger partial charge in [0, 0.05) is 35.2 Å². The Morgan fingerprint density at radius 1 is 1.36 bits per heavy atom. The first-order chi connectivity index (χ1) is 10.7. The van der Waals surface area contributed by atoms with Crippen molar-refractivity contribution in [1.82, 2.24) is 9.88 Å². The molecule has 0 unspecified atom stereocenters. The van der Waals surface area contributed by atoms with E-state index in [1.165, 1.54) is 54.4 Å². The van der Waals surface area contributed by atoms with E-state index in [0.717, 1.165) is 6.54 Å². The third-order valence-corrected chi connectivity index (χ3v) is 5.83. The average Bonchev–Trinajstić information content (AvgIpc) is 3.07. The van der Waals surface area contributed by atoms with E-state index >= 15 is 0 Å². The van der Waals surface area contributed by atoms with Gasteiger partial charge in [0.1, 0.15) is 0 Å². The number of nitrogens with one attached hydrogen (secondary N) is 1. The predicted molar refractivity (Wildman–Crippen MR) is 92.2 cm³/mol. The third kappa shape index (κ3) is 2.27. The van der Waals surface area contributed by atoms with Crippen molar-refractivity contribution in [2.75, 3.05) is 13.1 Å². The van der Waals surface area contributed by atoms with Gasteiger partial charge in [-0.1, -0.05) is 11.6 Å². The van der Waals surface area contributed by atoms with Crippen LogP contribution < -0.4 is 5.73 Å². The Balaban J connectivity index is 1.63. The topological polar surface area (TPSA) is 45.0 Å². The number of fused-ring (bicyclic) bond motifs is 3. The van der Waals surface area contributed by atoms with Gasteiger partial charge in [-0.05, 0) is 69.7 Å². The number of nitrogens with zero attached hydrogens (tertiary/aromatic N) is 1. The Kier molecular flexibility index (Phi) is 3.50. The van der Waals surface area contributed by atoms with Crippen molar-refractivity contribution < 1.29 is 0 Å². The highest BCUT2D eigenvalue weighted by molar-refractivity contribution is 5.85. The molecule has 1 saturated heterocycles. The molecular formula is C19H27N3. The van der Waals surface area contributed by atoms with E-state index in [0.29, 0.717) is 18.0 Å². The second-order valence-corrected chi connectivity index (χ2v) is 7.41. The second kappa shape index (κ2) is 5.39. The van der Waals surface area contributed by atoms with Gasteiger partial charge in [-0.25, -0.2) is 0 Å². The number of rotatable bonds is 2. The molecule has 0 saturated carbocycles. The lowest BCUT2D eigenvalue weighted by molar-refractivity contribution is 0.170. The van der Waals surface area contributed by atoms with Crippen molar-refractivity contribution in [3.63, 3.8) is 0 Å². The zero-order chi connectivity index (χ0) is 15.3. The molecule has 1 aliphatic carbocycles. The van der Waals surface area contributed by atoms with E-state index in [-0.39, 0.29) is 0 Å². The fourth-order valence-corrected chi connectivity index (χ4v) is 4.65. The number of aryl methyl sites for hydroxylation is 2. The summed E-state index contributed by atoms with van der Waals surface area (Å²) in [5.41, 5.74) is 11.6. The first-order valence-corrected chi connectivity index (χ1v) is 8.71. The summed E-state index contributed by atoms with van der Waals surface area (Å²) in [7, 11) is 0. The highest BCUT2D eigenvalue weighted by Crippen LogP contribution is 2.34. The highest BCUT2D eigenvalue weighted by Gasteiger charge is 2.35. The average molecular weight is 297 g/mol. The molecule has 1 aromatic heterocycles. The molecule has 3 nitrogen and oxygen atoms in total. The maximum absolute atomic E-state index is 5.91. The van der Waals surface area contributed by atoms with Crippen LogP contribution in [0.25, 0.3) is 10.9 Å². The minimum Gasteiger partial charge on any atom is -0.358 e. The van der Waals surface area contributed by atoms with Crippen molar-refractivity contribution in [3.05, 3.63) is 35.0 Å². The molecule has 4 rings (SSSR count). The SMILES string of the molecule is Cc1ccc2[nH]c3c(c2c1)C[C@H](N1C[C@H](CN)C[C@H]1C)CC3. The molecule has 1 aromatic carbocycles. The van der Waals surface area contributed by atoms with Crippen LogP contribution in [0.1, 0.15) is 36.6 Å². The zero-order valence-electron chi connectivity index (χ0n) is 13.7. The van der Waals surface area contributed by atoms with Gasteiger partial charge in [-0.15, -0.1) is 0 Å². The summed E-state index contributed by atoms with van der Waals surface area (Å²) in [6.45, 7) is 6.60. The fourth-order valence-electron chi connectivity index (χ4n) is 4.65. The number of likely N-dealkylation sites (tertiary alicyclic amines) is 1. The molecule has 118 valence electrons. The first-order valence-electron chi connectivity index (χ1n) is 8.71. The van der Waals surface area contributed by atoms with Crippen molar-refractivity contribution >= 4 is 10.9 Å². The van der Waals surface area contributed by atoms with E-state index in [9.17, 15) is 0 Å². The van der Waals surface area contributed by atoms with Crippen LogP contribution in [0, 0.1) is 12.8 Å². The summed E-state index contributed by atoms with van der Waals surface area (Å²) in [6, 6.07) is 8.17. The molecular weight excluding hydrogens is 270 g/mol. The second-order valence-electron chi connectivity index (χ2n) is 7.41. The molecule has 0 bridgehead atoms. The van der Waals surface area contributed by atoms with Gasteiger partial charge in [-0.3, -0.25) is 4.90 Å². The molecule has 1 aliphatic heterocycles. The number of benzene rings is 1. The maximum atomic E-state index is 5.91. The van der Waals surface area contributed by atoms with Crippen LogP contribution in [0.2, 0.25) is 0 Å².